The van der Waals surface area contributed by atoms with Crippen LogP contribution in [-0.4, -0.2) is 24.8 Å². The Morgan fingerprint density at radius 3 is 2.38 bits per heavy atom. The topological polar surface area (TPSA) is 83.5 Å². The zero-order valence-electron chi connectivity index (χ0n) is 14.4. The van der Waals surface area contributed by atoms with Crippen LogP contribution in [0.1, 0.15) is 39.0 Å². The predicted molar refractivity (Wildman–Crippen MR) is 104 cm³/mol. The van der Waals surface area contributed by atoms with Crippen LogP contribution in [0.2, 0.25) is 4.34 Å². The lowest BCUT2D eigenvalue weighted by molar-refractivity contribution is -0.128. The summed E-state index contributed by atoms with van der Waals surface area (Å²) in [6.07, 6.45) is 3.62. The number of carbonyl (C=O) groups excluding carboxylic acids is 1. The van der Waals surface area contributed by atoms with E-state index in [-0.39, 0.29) is 11.3 Å². The van der Waals surface area contributed by atoms with E-state index in [4.69, 9.17) is 16.8 Å². The van der Waals surface area contributed by atoms with E-state index in [1.54, 1.807) is 18.2 Å². The van der Waals surface area contributed by atoms with Crippen molar-refractivity contribution in [3.63, 3.8) is 0 Å². The number of thiophene rings is 1. The van der Waals surface area contributed by atoms with Gasteiger partial charge in [-0.2, -0.15) is 0 Å². The van der Waals surface area contributed by atoms with Crippen LogP contribution in [0.25, 0.3) is 10.4 Å². The molecular weight excluding hydrogens is 394 g/mol. The predicted octanol–water partition coefficient (Wildman–Crippen LogP) is 4.69. The van der Waals surface area contributed by atoms with Gasteiger partial charge in [-0.05, 0) is 36.2 Å². The minimum atomic E-state index is -3.89. The lowest BCUT2D eigenvalue weighted by Gasteiger charge is -2.16. The molecule has 0 saturated carbocycles. The molecule has 0 aliphatic rings. The van der Waals surface area contributed by atoms with Gasteiger partial charge in [-0.1, -0.05) is 56.3 Å². The summed E-state index contributed by atoms with van der Waals surface area (Å²) < 4.78 is 26.4. The van der Waals surface area contributed by atoms with Crippen molar-refractivity contribution in [1.82, 2.24) is 5.48 Å². The summed E-state index contributed by atoms with van der Waals surface area (Å²) in [6.45, 7) is 2.05. The Labute approximate surface area is 162 Å². The van der Waals surface area contributed by atoms with Gasteiger partial charge in [0.2, 0.25) is 0 Å². The lowest BCUT2D eigenvalue weighted by atomic mass is 10.1. The fourth-order valence-electron chi connectivity index (χ4n) is 2.70. The van der Waals surface area contributed by atoms with E-state index < -0.39 is 21.0 Å². The van der Waals surface area contributed by atoms with Crippen molar-refractivity contribution in [2.45, 2.75) is 49.2 Å². The molecular formula is C18H22ClNO4S2. The van der Waals surface area contributed by atoms with Crippen LogP contribution in [0.3, 0.4) is 0 Å². The highest BCUT2D eigenvalue weighted by Gasteiger charge is 2.33. The van der Waals surface area contributed by atoms with Crippen molar-refractivity contribution in [2.75, 3.05) is 0 Å². The maximum Gasteiger partial charge on any atom is 0.262 e. The molecule has 8 heteroatoms. The maximum atomic E-state index is 12.9. The second kappa shape index (κ2) is 9.50. The average molecular weight is 416 g/mol. The summed E-state index contributed by atoms with van der Waals surface area (Å²) in [7, 11) is -3.89. The lowest BCUT2D eigenvalue weighted by Crippen LogP contribution is -2.38. The fraction of sp³-hybridized carbons (Fsp3) is 0.389. The first kappa shape index (κ1) is 20.9. The number of carbonyl (C=O) groups is 1. The molecule has 2 aromatic rings. The minimum absolute atomic E-state index is 0.0630. The Bertz CT molecular complexity index is 831. The Hall–Kier alpha value is -1.41. The van der Waals surface area contributed by atoms with Gasteiger partial charge >= 0.3 is 0 Å². The van der Waals surface area contributed by atoms with Crippen molar-refractivity contribution in [1.29, 1.82) is 0 Å². The minimum Gasteiger partial charge on any atom is -0.289 e. The Morgan fingerprint density at radius 2 is 1.85 bits per heavy atom. The third-order valence-corrected chi connectivity index (χ3v) is 7.55. The third-order valence-electron chi connectivity index (χ3n) is 4.14. The first-order chi connectivity index (χ1) is 12.4. The van der Waals surface area contributed by atoms with Gasteiger partial charge in [0, 0.05) is 4.88 Å². The summed E-state index contributed by atoms with van der Waals surface area (Å²) in [5, 5.41) is 7.64. The van der Waals surface area contributed by atoms with Gasteiger partial charge < -0.3 is 0 Å². The number of nitrogens with one attached hydrogen (secondary N) is 1. The van der Waals surface area contributed by atoms with E-state index >= 15 is 0 Å². The number of rotatable bonds is 9. The van der Waals surface area contributed by atoms with E-state index in [9.17, 15) is 13.2 Å². The quantitative estimate of drug-likeness (QED) is 0.353. The molecule has 1 aromatic heterocycles. The van der Waals surface area contributed by atoms with E-state index in [2.05, 4.69) is 6.92 Å². The molecule has 2 N–H and O–H groups in total. The second-order valence-corrected chi connectivity index (χ2v) is 9.83. The van der Waals surface area contributed by atoms with Crippen molar-refractivity contribution in [3.8, 4) is 10.4 Å². The molecule has 0 fully saturated rings. The second-order valence-electron chi connectivity index (χ2n) is 5.99. The van der Waals surface area contributed by atoms with Crippen LogP contribution in [0.5, 0.6) is 0 Å². The van der Waals surface area contributed by atoms with Crippen molar-refractivity contribution >= 4 is 38.7 Å². The van der Waals surface area contributed by atoms with Crippen LogP contribution in [0, 0.1) is 0 Å². The Kier molecular flexibility index (Phi) is 7.64. The zero-order chi connectivity index (χ0) is 19.2. The Morgan fingerprint density at radius 1 is 1.15 bits per heavy atom. The standard InChI is InChI=1S/C18H22ClNO4S2/c1-2-3-4-5-6-16(18(21)20-22)26(23,24)14-9-7-13(8-10-14)15-11-12-17(19)25-15/h7-12,16,22H,2-6H2,1H3,(H,20,21). The van der Waals surface area contributed by atoms with Gasteiger partial charge in [-0.15, -0.1) is 11.3 Å². The molecule has 1 amide bonds. The summed E-state index contributed by atoms with van der Waals surface area (Å²) in [5.74, 6) is -0.893. The maximum absolute atomic E-state index is 12.9. The number of sulfone groups is 1. The molecule has 26 heavy (non-hydrogen) atoms. The van der Waals surface area contributed by atoms with Crippen LogP contribution in [-0.2, 0) is 14.6 Å². The van der Waals surface area contributed by atoms with Crippen LogP contribution in [0.15, 0.2) is 41.3 Å². The van der Waals surface area contributed by atoms with Crippen LogP contribution in [0.4, 0.5) is 0 Å². The van der Waals surface area contributed by atoms with Crippen molar-refractivity contribution in [2.24, 2.45) is 0 Å². The van der Waals surface area contributed by atoms with Gasteiger partial charge in [0.25, 0.3) is 5.91 Å². The summed E-state index contributed by atoms with van der Waals surface area (Å²) in [4.78, 5) is 12.9. The first-order valence-corrected chi connectivity index (χ1v) is 11.2. The third kappa shape index (κ3) is 5.07. The molecule has 1 heterocycles. The number of hydrogen-bond donors (Lipinski definition) is 2. The molecule has 0 aliphatic heterocycles. The summed E-state index contributed by atoms with van der Waals surface area (Å²) >= 11 is 7.34. The zero-order valence-corrected chi connectivity index (χ0v) is 16.8. The van der Waals surface area contributed by atoms with E-state index in [0.29, 0.717) is 10.8 Å². The molecule has 0 saturated heterocycles. The smallest absolute Gasteiger partial charge is 0.262 e. The molecule has 0 radical (unpaired) electrons. The number of unbranched alkanes of at least 4 members (excludes halogenated alkanes) is 3. The molecule has 1 atom stereocenters. The van der Waals surface area contributed by atoms with Gasteiger partial charge in [-0.3, -0.25) is 10.0 Å². The number of amides is 1. The Balaban J connectivity index is 2.22. The SMILES string of the molecule is CCCCCCC(C(=O)NO)S(=O)(=O)c1ccc(-c2ccc(Cl)s2)cc1. The van der Waals surface area contributed by atoms with Crippen LogP contribution >= 0.6 is 22.9 Å². The molecule has 0 aliphatic carbocycles. The van der Waals surface area contributed by atoms with Gasteiger partial charge in [0.15, 0.2) is 9.84 Å². The van der Waals surface area contributed by atoms with E-state index in [0.717, 1.165) is 29.7 Å². The van der Waals surface area contributed by atoms with Crippen LogP contribution < -0.4 is 5.48 Å². The number of halogens is 1. The fourth-order valence-corrected chi connectivity index (χ4v) is 5.40. The normalized spacial score (nSPS) is 12.7. The highest BCUT2D eigenvalue weighted by atomic mass is 35.5. The molecule has 1 unspecified atom stereocenters. The van der Waals surface area contributed by atoms with Gasteiger partial charge in [0.1, 0.15) is 5.25 Å². The molecule has 142 valence electrons. The largest absolute Gasteiger partial charge is 0.289 e. The number of hydrogen-bond acceptors (Lipinski definition) is 5. The van der Waals surface area contributed by atoms with E-state index in [1.807, 2.05) is 6.07 Å². The molecule has 0 bridgehead atoms. The van der Waals surface area contributed by atoms with Crippen molar-refractivity contribution in [3.05, 3.63) is 40.7 Å². The molecule has 0 spiro atoms. The average Bonchev–Trinajstić information content (AvgIpc) is 3.07. The van der Waals surface area contributed by atoms with Crippen molar-refractivity contribution < 1.29 is 18.4 Å². The molecule has 5 nitrogen and oxygen atoms in total. The van der Waals surface area contributed by atoms with E-state index in [1.165, 1.54) is 28.9 Å². The number of hydroxylamine groups is 1. The first-order valence-electron chi connectivity index (χ1n) is 8.43. The summed E-state index contributed by atoms with van der Waals surface area (Å²) in [6, 6.07) is 10.0. The monoisotopic (exact) mass is 415 g/mol. The van der Waals surface area contributed by atoms with Gasteiger partial charge in [0.05, 0.1) is 9.23 Å². The number of benzene rings is 1. The van der Waals surface area contributed by atoms with Gasteiger partial charge in [-0.25, -0.2) is 13.9 Å². The highest BCUT2D eigenvalue weighted by molar-refractivity contribution is 7.92. The molecule has 2 rings (SSSR count). The highest BCUT2D eigenvalue weighted by Crippen LogP contribution is 2.32. The summed E-state index contributed by atoms with van der Waals surface area (Å²) in [5.41, 5.74) is 2.34. The molecule has 1 aromatic carbocycles.